The van der Waals surface area contributed by atoms with Crippen LogP contribution >= 0.6 is 11.6 Å². The first-order valence-corrected chi connectivity index (χ1v) is 10.1. The van der Waals surface area contributed by atoms with Gasteiger partial charge in [0.25, 0.3) is 0 Å². The molecule has 2 rings (SSSR count). The van der Waals surface area contributed by atoms with Gasteiger partial charge in [-0.1, -0.05) is 50.6 Å². The van der Waals surface area contributed by atoms with Crippen LogP contribution in [0.3, 0.4) is 0 Å². The topological polar surface area (TPSA) is 52.6 Å². The van der Waals surface area contributed by atoms with Gasteiger partial charge in [-0.25, -0.2) is 9.59 Å². The van der Waals surface area contributed by atoms with E-state index in [1.54, 1.807) is 42.5 Å². The lowest BCUT2D eigenvalue weighted by Gasteiger charge is -2.07. The third kappa shape index (κ3) is 7.01. The van der Waals surface area contributed by atoms with Gasteiger partial charge >= 0.3 is 11.9 Å². The summed E-state index contributed by atoms with van der Waals surface area (Å²) in [4.78, 5) is 24.3. The third-order valence-electron chi connectivity index (χ3n) is 4.43. The number of carbonyl (C=O) groups is 2. The largest absolute Gasteiger partial charge is 0.462 e. The van der Waals surface area contributed by atoms with Crippen LogP contribution in [0.1, 0.15) is 71.7 Å². The molecule has 5 heteroatoms. The van der Waals surface area contributed by atoms with E-state index in [0.717, 1.165) is 18.4 Å². The van der Waals surface area contributed by atoms with Crippen LogP contribution in [0.25, 0.3) is 0 Å². The maximum atomic E-state index is 12.2. The second kappa shape index (κ2) is 11.5. The standard InChI is InChI=1S/C23H27ClO4/c1-3-4-5-6-7-8-15-27-22(25)18-9-11-19(12-10-18)23(26)28-20-13-14-21(24)17(2)16-20/h9-14,16H,3-8,15H2,1-2H3. The normalized spacial score (nSPS) is 10.5. The molecule has 4 nitrogen and oxygen atoms in total. The second-order valence-corrected chi connectivity index (χ2v) is 7.19. The zero-order valence-electron chi connectivity index (χ0n) is 16.5. The van der Waals surface area contributed by atoms with E-state index in [-0.39, 0.29) is 5.97 Å². The molecule has 0 radical (unpaired) electrons. The van der Waals surface area contributed by atoms with E-state index in [1.165, 1.54) is 25.7 Å². The summed E-state index contributed by atoms with van der Waals surface area (Å²) in [6.07, 6.45) is 6.83. The lowest BCUT2D eigenvalue weighted by atomic mass is 10.1. The maximum Gasteiger partial charge on any atom is 0.343 e. The maximum absolute atomic E-state index is 12.2. The lowest BCUT2D eigenvalue weighted by Crippen LogP contribution is -2.10. The zero-order chi connectivity index (χ0) is 20.4. The Morgan fingerprint density at radius 3 is 2.11 bits per heavy atom. The van der Waals surface area contributed by atoms with Crippen molar-refractivity contribution in [1.29, 1.82) is 0 Å². The Kier molecular flexibility index (Phi) is 9.02. The van der Waals surface area contributed by atoms with Gasteiger partial charge in [-0.05, 0) is 61.4 Å². The Morgan fingerprint density at radius 1 is 0.857 bits per heavy atom. The molecule has 0 aromatic heterocycles. The van der Waals surface area contributed by atoms with Crippen molar-refractivity contribution in [3.05, 3.63) is 64.2 Å². The molecular formula is C23H27ClO4. The van der Waals surface area contributed by atoms with Crippen molar-refractivity contribution in [1.82, 2.24) is 0 Å². The van der Waals surface area contributed by atoms with Crippen molar-refractivity contribution < 1.29 is 19.1 Å². The highest BCUT2D eigenvalue weighted by Crippen LogP contribution is 2.22. The number of hydrogen-bond acceptors (Lipinski definition) is 4. The van der Waals surface area contributed by atoms with E-state index in [4.69, 9.17) is 21.1 Å². The van der Waals surface area contributed by atoms with Gasteiger partial charge in [0.1, 0.15) is 5.75 Å². The van der Waals surface area contributed by atoms with Gasteiger partial charge < -0.3 is 9.47 Å². The molecule has 150 valence electrons. The van der Waals surface area contributed by atoms with Crippen molar-refractivity contribution in [2.24, 2.45) is 0 Å². The minimum atomic E-state index is -0.492. The Morgan fingerprint density at radius 2 is 1.46 bits per heavy atom. The summed E-state index contributed by atoms with van der Waals surface area (Å²) >= 11 is 5.97. The van der Waals surface area contributed by atoms with Gasteiger partial charge in [-0.2, -0.15) is 0 Å². The molecule has 0 saturated carbocycles. The Balaban J connectivity index is 1.80. The van der Waals surface area contributed by atoms with Crippen molar-refractivity contribution in [2.75, 3.05) is 6.61 Å². The Hall–Kier alpha value is -2.33. The van der Waals surface area contributed by atoms with Gasteiger partial charge in [-0.15, -0.1) is 0 Å². The number of benzene rings is 2. The van der Waals surface area contributed by atoms with Crippen LogP contribution in [0, 0.1) is 6.92 Å². The molecule has 0 aliphatic heterocycles. The third-order valence-corrected chi connectivity index (χ3v) is 4.85. The van der Waals surface area contributed by atoms with E-state index in [2.05, 4.69) is 6.92 Å². The van der Waals surface area contributed by atoms with E-state index < -0.39 is 5.97 Å². The van der Waals surface area contributed by atoms with E-state index >= 15 is 0 Å². The van der Waals surface area contributed by atoms with Gasteiger partial charge in [0, 0.05) is 5.02 Å². The molecule has 0 spiro atoms. The van der Waals surface area contributed by atoms with E-state index in [9.17, 15) is 9.59 Å². The number of carbonyl (C=O) groups excluding carboxylic acids is 2. The number of hydrogen-bond donors (Lipinski definition) is 0. The Labute approximate surface area is 171 Å². The predicted octanol–water partition coefficient (Wildman–Crippen LogP) is 6.38. The van der Waals surface area contributed by atoms with Crippen LogP contribution in [0.2, 0.25) is 5.02 Å². The minimum absolute atomic E-state index is 0.361. The fraction of sp³-hybridized carbons (Fsp3) is 0.391. The summed E-state index contributed by atoms with van der Waals surface area (Å²) in [5.41, 5.74) is 1.61. The summed E-state index contributed by atoms with van der Waals surface area (Å²) in [6.45, 7) is 4.45. The molecular weight excluding hydrogens is 376 g/mol. The quantitative estimate of drug-likeness (QED) is 0.262. The SMILES string of the molecule is CCCCCCCCOC(=O)c1ccc(C(=O)Oc2ccc(Cl)c(C)c2)cc1. The van der Waals surface area contributed by atoms with Crippen molar-refractivity contribution in [2.45, 2.75) is 52.4 Å². The summed E-state index contributed by atoms with van der Waals surface area (Å²) in [7, 11) is 0. The number of unbranched alkanes of at least 4 members (excludes halogenated alkanes) is 5. The van der Waals surface area contributed by atoms with Gasteiger partial charge in [0.15, 0.2) is 0 Å². The predicted molar refractivity (Wildman–Crippen MR) is 111 cm³/mol. The number of ether oxygens (including phenoxy) is 2. The lowest BCUT2D eigenvalue weighted by molar-refractivity contribution is 0.0497. The molecule has 0 atom stereocenters. The zero-order valence-corrected chi connectivity index (χ0v) is 17.3. The fourth-order valence-corrected chi connectivity index (χ4v) is 2.84. The molecule has 0 fully saturated rings. The molecule has 28 heavy (non-hydrogen) atoms. The van der Waals surface area contributed by atoms with Crippen LogP contribution in [-0.2, 0) is 4.74 Å². The summed E-state index contributed by atoms with van der Waals surface area (Å²) in [6, 6.07) is 11.3. The highest BCUT2D eigenvalue weighted by Gasteiger charge is 2.12. The highest BCUT2D eigenvalue weighted by molar-refractivity contribution is 6.31. The van der Waals surface area contributed by atoms with Crippen LogP contribution < -0.4 is 4.74 Å². The molecule has 2 aromatic carbocycles. The van der Waals surface area contributed by atoms with Crippen molar-refractivity contribution in [3.8, 4) is 5.75 Å². The summed E-state index contributed by atoms with van der Waals surface area (Å²) in [5, 5.41) is 0.614. The number of esters is 2. The summed E-state index contributed by atoms with van der Waals surface area (Å²) in [5.74, 6) is -0.440. The first-order chi connectivity index (χ1) is 13.5. The molecule has 0 unspecified atom stereocenters. The molecule has 0 aliphatic carbocycles. The molecule has 0 heterocycles. The second-order valence-electron chi connectivity index (χ2n) is 6.78. The van der Waals surface area contributed by atoms with Gasteiger partial charge in [-0.3, -0.25) is 0 Å². The van der Waals surface area contributed by atoms with Crippen molar-refractivity contribution in [3.63, 3.8) is 0 Å². The van der Waals surface area contributed by atoms with Crippen LogP contribution in [0.4, 0.5) is 0 Å². The molecule has 2 aromatic rings. The van der Waals surface area contributed by atoms with E-state index in [1.807, 2.05) is 6.92 Å². The molecule has 0 aliphatic rings. The summed E-state index contributed by atoms with van der Waals surface area (Å²) < 4.78 is 10.6. The van der Waals surface area contributed by atoms with Crippen LogP contribution in [-0.4, -0.2) is 18.5 Å². The Bertz CT molecular complexity index is 784. The first-order valence-electron chi connectivity index (χ1n) is 9.76. The smallest absolute Gasteiger partial charge is 0.343 e. The number of halogens is 1. The molecule has 0 N–H and O–H groups in total. The van der Waals surface area contributed by atoms with Gasteiger partial charge in [0.2, 0.25) is 0 Å². The average molecular weight is 403 g/mol. The van der Waals surface area contributed by atoms with Crippen LogP contribution in [0.5, 0.6) is 5.75 Å². The average Bonchev–Trinajstić information content (AvgIpc) is 2.70. The molecule has 0 bridgehead atoms. The van der Waals surface area contributed by atoms with Crippen molar-refractivity contribution >= 4 is 23.5 Å². The van der Waals surface area contributed by atoms with E-state index in [0.29, 0.717) is 28.5 Å². The van der Waals surface area contributed by atoms with Gasteiger partial charge in [0.05, 0.1) is 17.7 Å². The highest BCUT2D eigenvalue weighted by atomic mass is 35.5. The number of aryl methyl sites for hydroxylation is 1. The first kappa shape index (κ1) is 22.0. The van der Waals surface area contributed by atoms with Crippen LogP contribution in [0.15, 0.2) is 42.5 Å². The monoisotopic (exact) mass is 402 g/mol. The molecule has 0 amide bonds. The minimum Gasteiger partial charge on any atom is -0.462 e. The number of rotatable bonds is 10. The molecule has 0 saturated heterocycles. The fourth-order valence-electron chi connectivity index (χ4n) is 2.72.